The Kier molecular flexibility index (Phi) is 7.98. The van der Waals surface area contributed by atoms with E-state index in [1.807, 2.05) is 0 Å². The van der Waals surface area contributed by atoms with Gasteiger partial charge < -0.3 is 20.9 Å². The number of ether oxygens (including phenoxy) is 1. The molecule has 1 fully saturated rings. The Hall–Kier alpha value is -1.51. The van der Waals surface area contributed by atoms with Gasteiger partial charge in [-0.1, -0.05) is 6.07 Å². The number of aliphatic hydroxyl groups excluding tert-OH is 1. The summed E-state index contributed by atoms with van der Waals surface area (Å²) in [5.74, 6) is -0.297. The van der Waals surface area contributed by atoms with E-state index in [9.17, 15) is 23.1 Å². The minimum atomic E-state index is -4.45. The molecular formula is C16H22ClF3N2O3. The first-order valence-electron chi connectivity index (χ1n) is 7.77. The van der Waals surface area contributed by atoms with Gasteiger partial charge in [0.05, 0.1) is 5.56 Å². The lowest BCUT2D eigenvalue weighted by molar-refractivity contribution is -0.137. The van der Waals surface area contributed by atoms with Gasteiger partial charge in [-0.05, 0) is 37.5 Å². The topological polar surface area (TPSA) is 84.6 Å². The Balaban J connectivity index is 0.00000312. The first-order valence-corrected chi connectivity index (χ1v) is 7.77. The maximum atomic E-state index is 12.6. The first-order chi connectivity index (χ1) is 11.3. The molecule has 1 aromatic carbocycles. The third-order valence-corrected chi connectivity index (χ3v) is 3.96. The van der Waals surface area contributed by atoms with E-state index >= 15 is 0 Å². The van der Waals surface area contributed by atoms with Crippen LogP contribution in [0.3, 0.4) is 0 Å². The molecule has 0 bridgehead atoms. The van der Waals surface area contributed by atoms with Crippen LogP contribution in [0.15, 0.2) is 24.3 Å². The lowest BCUT2D eigenvalue weighted by atomic mass is 10.1. The summed E-state index contributed by atoms with van der Waals surface area (Å²) in [6.45, 7) is -0.241. The SMILES string of the molecule is Cl.NC1CCC(C(=O)NCC(O)COc2cccc(C(F)(F)F)c2)C1. The van der Waals surface area contributed by atoms with E-state index in [2.05, 4.69) is 5.32 Å². The quantitative estimate of drug-likeness (QED) is 0.703. The van der Waals surface area contributed by atoms with Crippen molar-refractivity contribution in [1.82, 2.24) is 5.32 Å². The molecule has 25 heavy (non-hydrogen) atoms. The Morgan fingerprint density at radius 3 is 2.72 bits per heavy atom. The van der Waals surface area contributed by atoms with Gasteiger partial charge >= 0.3 is 6.18 Å². The Bertz CT molecular complexity index is 572. The number of nitrogens with two attached hydrogens (primary N) is 1. The number of nitrogens with one attached hydrogen (secondary N) is 1. The predicted molar refractivity (Wildman–Crippen MR) is 88.5 cm³/mol. The number of aliphatic hydroxyl groups is 1. The molecule has 0 heterocycles. The van der Waals surface area contributed by atoms with Crippen molar-refractivity contribution in [3.8, 4) is 5.75 Å². The summed E-state index contributed by atoms with van der Waals surface area (Å²) in [5, 5.41) is 12.4. The third-order valence-electron chi connectivity index (χ3n) is 3.96. The number of alkyl halides is 3. The van der Waals surface area contributed by atoms with Crippen LogP contribution >= 0.6 is 12.4 Å². The van der Waals surface area contributed by atoms with Gasteiger partial charge in [0.15, 0.2) is 0 Å². The second kappa shape index (κ2) is 9.26. The lowest BCUT2D eigenvalue weighted by Crippen LogP contribution is -2.38. The highest BCUT2D eigenvalue weighted by Gasteiger charge is 2.30. The van der Waals surface area contributed by atoms with Crippen LogP contribution < -0.4 is 15.8 Å². The predicted octanol–water partition coefficient (Wildman–Crippen LogP) is 2.11. The number of rotatable bonds is 6. The molecule has 3 unspecified atom stereocenters. The van der Waals surface area contributed by atoms with Crippen molar-refractivity contribution in [3.63, 3.8) is 0 Å². The van der Waals surface area contributed by atoms with Crippen LogP contribution in [-0.2, 0) is 11.0 Å². The van der Waals surface area contributed by atoms with Crippen LogP contribution in [0.4, 0.5) is 13.2 Å². The second-order valence-corrected chi connectivity index (χ2v) is 6.01. The number of halogens is 4. The molecule has 0 aromatic heterocycles. The summed E-state index contributed by atoms with van der Waals surface area (Å²) in [5.41, 5.74) is 4.93. The average molecular weight is 383 g/mol. The summed E-state index contributed by atoms with van der Waals surface area (Å²) in [6.07, 6.45) is -3.31. The molecular weight excluding hydrogens is 361 g/mol. The number of hydrogen-bond donors (Lipinski definition) is 3. The Morgan fingerprint density at radius 1 is 1.40 bits per heavy atom. The number of carbonyl (C=O) groups is 1. The fraction of sp³-hybridized carbons (Fsp3) is 0.562. The van der Waals surface area contributed by atoms with E-state index in [0.717, 1.165) is 25.0 Å². The highest BCUT2D eigenvalue weighted by molar-refractivity contribution is 5.85. The van der Waals surface area contributed by atoms with Crippen molar-refractivity contribution < 1.29 is 27.8 Å². The largest absolute Gasteiger partial charge is 0.491 e. The van der Waals surface area contributed by atoms with Gasteiger partial charge in [0.2, 0.25) is 5.91 Å². The molecule has 9 heteroatoms. The van der Waals surface area contributed by atoms with Crippen LogP contribution in [0.2, 0.25) is 0 Å². The normalized spacial score (nSPS) is 21.3. The van der Waals surface area contributed by atoms with E-state index < -0.39 is 17.8 Å². The van der Waals surface area contributed by atoms with Crippen molar-refractivity contribution >= 4 is 18.3 Å². The van der Waals surface area contributed by atoms with Crippen molar-refractivity contribution in [2.24, 2.45) is 11.7 Å². The molecule has 4 N–H and O–H groups in total. The summed E-state index contributed by atoms with van der Waals surface area (Å²) in [4.78, 5) is 11.9. The van der Waals surface area contributed by atoms with Gasteiger partial charge in [-0.25, -0.2) is 0 Å². The monoisotopic (exact) mass is 382 g/mol. The summed E-state index contributed by atoms with van der Waals surface area (Å²) in [6, 6.07) is 4.45. The molecule has 1 aliphatic carbocycles. The average Bonchev–Trinajstić information content (AvgIpc) is 2.96. The molecule has 1 aliphatic rings. The minimum absolute atomic E-state index is 0. The maximum Gasteiger partial charge on any atom is 0.416 e. The van der Waals surface area contributed by atoms with E-state index in [4.69, 9.17) is 10.5 Å². The molecule has 5 nitrogen and oxygen atoms in total. The van der Waals surface area contributed by atoms with Crippen LogP contribution in [0.25, 0.3) is 0 Å². The van der Waals surface area contributed by atoms with E-state index in [-0.39, 0.29) is 49.2 Å². The summed E-state index contributed by atoms with van der Waals surface area (Å²) >= 11 is 0. The van der Waals surface area contributed by atoms with Crippen LogP contribution in [0.1, 0.15) is 24.8 Å². The minimum Gasteiger partial charge on any atom is -0.491 e. The fourth-order valence-corrected chi connectivity index (χ4v) is 2.63. The third kappa shape index (κ3) is 6.72. The van der Waals surface area contributed by atoms with Gasteiger partial charge in [-0.15, -0.1) is 12.4 Å². The van der Waals surface area contributed by atoms with Crippen molar-refractivity contribution in [3.05, 3.63) is 29.8 Å². The highest BCUT2D eigenvalue weighted by Crippen LogP contribution is 2.31. The Morgan fingerprint density at radius 2 is 2.12 bits per heavy atom. The van der Waals surface area contributed by atoms with E-state index in [0.29, 0.717) is 6.42 Å². The maximum absolute atomic E-state index is 12.6. The summed E-state index contributed by atoms with van der Waals surface area (Å²) in [7, 11) is 0. The molecule has 2 rings (SSSR count). The smallest absolute Gasteiger partial charge is 0.416 e. The first kappa shape index (κ1) is 21.5. The van der Waals surface area contributed by atoms with Gasteiger partial charge in [0, 0.05) is 18.5 Å². The van der Waals surface area contributed by atoms with Crippen LogP contribution in [0, 0.1) is 5.92 Å². The van der Waals surface area contributed by atoms with E-state index in [1.54, 1.807) is 0 Å². The zero-order chi connectivity index (χ0) is 17.7. The number of amides is 1. The van der Waals surface area contributed by atoms with Gasteiger partial charge in [-0.2, -0.15) is 13.2 Å². The molecule has 3 atom stereocenters. The Labute approximate surface area is 150 Å². The zero-order valence-electron chi connectivity index (χ0n) is 13.5. The number of carbonyl (C=O) groups excluding carboxylic acids is 1. The van der Waals surface area contributed by atoms with Gasteiger partial charge in [0.25, 0.3) is 0 Å². The van der Waals surface area contributed by atoms with Crippen molar-refractivity contribution in [2.75, 3.05) is 13.2 Å². The fourth-order valence-electron chi connectivity index (χ4n) is 2.63. The molecule has 142 valence electrons. The molecule has 0 radical (unpaired) electrons. The van der Waals surface area contributed by atoms with E-state index in [1.165, 1.54) is 12.1 Å². The molecule has 1 aromatic rings. The molecule has 0 saturated heterocycles. The van der Waals surface area contributed by atoms with Crippen molar-refractivity contribution in [2.45, 2.75) is 37.6 Å². The van der Waals surface area contributed by atoms with Crippen LogP contribution in [-0.4, -0.2) is 36.3 Å². The van der Waals surface area contributed by atoms with Crippen LogP contribution in [0.5, 0.6) is 5.75 Å². The lowest BCUT2D eigenvalue weighted by Gasteiger charge is -2.16. The highest BCUT2D eigenvalue weighted by atomic mass is 35.5. The molecule has 1 amide bonds. The second-order valence-electron chi connectivity index (χ2n) is 6.01. The number of benzene rings is 1. The standard InChI is InChI=1S/C16H21F3N2O3.ClH/c17-16(18,19)11-2-1-3-14(7-11)24-9-13(22)8-21-15(23)10-4-5-12(20)6-10;/h1-3,7,10,12-13,22H,4-6,8-9,20H2,(H,21,23);1H. The van der Waals surface area contributed by atoms with Gasteiger partial charge in [0.1, 0.15) is 18.5 Å². The number of hydrogen-bond acceptors (Lipinski definition) is 4. The zero-order valence-corrected chi connectivity index (χ0v) is 14.3. The van der Waals surface area contributed by atoms with Gasteiger partial charge in [-0.3, -0.25) is 4.79 Å². The molecule has 0 spiro atoms. The van der Waals surface area contributed by atoms with Crippen molar-refractivity contribution in [1.29, 1.82) is 0 Å². The molecule has 0 aliphatic heterocycles. The molecule has 1 saturated carbocycles. The summed E-state index contributed by atoms with van der Waals surface area (Å²) < 4.78 is 42.9.